The highest BCUT2D eigenvalue weighted by Gasteiger charge is 2.38. The van der Waals surface area contributed by atoms with E-state index in [9.17, 15) is 9.59 Å². The number of hydrogen-bond acceptors (Lipinski definition) is 5. The van der Waals surface area contributed by atoms with E-state index in [4.69, 9.17) is 9.15 Å². The van der Waals surface area contributed by atoms with Crippen LogP contribution < -0.4 is 4.74 Å². The van der Waals surface area contributed by atoms with Gasteiger partial charge in [0.15, 0.2) is 17.3 Å². The van der Waals surface area contributed by atoms with Crippen LogP contribution in [0.1, 0.15) is 33.7 Å². The largest absolute Gasteiger partial charge is 0.496 e. The smallest absolute Gasteiger partial charge is 0.255 e. The van der Waals surface area contributed by atoms with Gasteiger partial charge in [-0.25, -0.2) is 4.98 Å². The zero-order valence-corrected chi connectivity index (χ0v) is 12.4. The topological polar surface area (TPSA) is 69.4 Å². The van der Waals surface area contributed by atoms with Crippen molar-refractivity contribution in [3.05, 3.63) is 33.8 Å². The molecule has 0 fully saturated rings. The van der Waals surface area contributed by atoms with Crippen molar-refractivity contribution < 1.29 is 18.7 Å². The fraction of sp³-hybridized carbons (Fsp3) is 0.214. The van der Waals surface area contributed by atoms with Gasteiger partial charge in [0.1, 0.15) is 5.75 Å². The average molecular weight is 336 g/mol. The lowest BCUT2D eigenvalue weighted by molar-refractivity contribution is 0.0811. The van der Waals surface area contributed by atoms with Crippen molar-refractivity contribution in [3.8, 4) is 17.1 Å². The number of rotatable bonds is 2. The quantitative estimate of drug-likeness (QED) is 0.789. The molecule has 0 spiro atoms. The summed E-state index contributed by atoms with van der Waals surface area (Å²) in [5, 5.41) is 0. The van der Waals surface area contributed by atoms with Crippen molar-refractivity contribution in [2.24, 2.45) is 0 Å². The number of aryl methyl sites for hydroxylation is 1. The molecule has 1 aliphatic rings. The lowest BCUT2D eigenvalue weighted by Gasteiger charge is -2.16. The lowest BCUT2D eigenvalue weighted by atomic mass is 9.90. The van der Waals surface area contributed by atoms with Crippen LogP contribution in [0, 0.1) is 0 Å². The number of ketones is 2. The SMILES string of the molecule is CCc1nc2c(o1)-c1c(OC)ccc(Br)c1C(=O)C2=O. The Morgan fingerprint density at radius 2 is 2.00 bits per heavy atom. The van der Waals surface area contributed by atoms with E-state index in [0.29, 0.717) is 33.9 Å². The third kappa shape index (κ3) is 1.64. The van der Waals surface area contributed by atoms with Gasteiger partial charge in [0, 0.05) is 10.9 Å². The van der Waals surface area contributed by atoms with Crippen molar-refractivity contribution >= 4 is 27.5 Å². The van der Waals surface area contributed by atoms with E-state index in [-0.39, 0.29) is 11.3 Å². The normalized spacial score (nSPS) is 13.2. The van der Waals surface area contributed by atoms with Gasteiger partial charge in [0.25, 0.3) is 5.78 Å². The van der Waals surface area contributed by atoms with E-state index in [0.717, 1.165) is 0 Å². The Hall–Kier alpha value is -1.95. The van der Waals surface area contributed by atoms with Gasteiger partial charge in [0.2, 0.25) is 5.78 Å². The fourth-order valence-electron chi connectivity index (χ4n) is 2.24. The summed E-state index contributed by atoms with van der Waals surface area (Å²) in [6.07, 6.45) is 0.542. The van der Waals surface area contributed by atoms with Gasteiger partial charge < -0.3 is 9.15 Å². The zero-order chi connectivity index (χ0) is 14.4. The number of carbonyl (C=O) groups is 2. The van der Waals surface area contributed by atoms with Gasteiger partial charge >= 0.3 is 0 Å². The first-order valence-corrected chi connectivity index (χ1v) is 6.83. The number of halogens is 1. The number of oxazole rings is 1. The van der Waals surface area contributed by atoms with E-state index in [1.165, 1.54) is 7.11 Å². The van der Waals surface area contributed by atoms with Gasteiger partial charge in [-0.3, -0.25) is 9.59 Å². The molecule has 6 heteroatoms. The number of hydrogen-bond donors (Lipinski definition) is 0. The molecule has 1 aromatic carbocycles. The minimum absolute atomic E-state index is 0.0655. The number of fused-ring (bicyclic) bond motifs is 3. The Bertz CT molecular complexity index is 748. The maximum atomic E-state index is 12.2. The highest BCUT2D eigenvalue weighted by Crippen LogP contribution is 2.43. The molecule has 0 amide bonds. The zero-order valence-electron chi connectivity index (χ0n) is 10.8. The Morgan fingerprint density at radius 1 is 1.25 bits per heavy atom. The maximum absolute atomic E-state index is 12.2. The number of aromatic nitrogens is 1. The molecule has 2 aromatic rings. The van der Waals surface area contributed by atoms with Crippen molar-refractivity contribution in [3.63, 3.8) is 0 Å². The molecule has 0 atom stereocenters. The summed E-state index contributed by atoms with van der Waals surface area (Å²) in [4.78, 5) is 28.5. The second-order valence-electron chi connectivity index (χ2n) is 4.30. The number of nitrogens with zero attached hydrogens (tertiary/aromatic N) is 1. The summed E-state index contributed by atoms with van der Waals surface area (Å²) in [6.45, 7) is 1.86. The molecule has 5 nitrogen and oxygen atoms in total. The molecule has 0 saturated carbocycles. The highest BCUT2D eigenvalue weighted by atomic mass is 79.9. The summed E-state index contributed by atoms with van der Waals surface area (Å²) in [5.41, 5.74) is 0.810. The first kappa shape index (κ1) is 13.1. The minimum Gasteiger partial charge on any atom is -0.496 e. The van der Waals surface area contributed by atoms with Crippen LogP contribution in [-0.4, -0.2) is 23.7 Å². The monoisotopic (exact) mass is 335 g/mol. The van der Waals surface area contributed by atoms with Crippen molar-refractivity contribution in [2.45, 2.75) is 13.3 Å². The van der Waals surface area contributed by atoms with Crippen LogP contribution in [0.15, 0.2) is 21.0 Å². The van der Waals surface area contributed by atoms with Crippen LogP contribution in [0.4, 0.5) is 0 Å². The molecule has 0 N–H and O–H groups in total. The third-order valence-corrected chi connectivity index (χ3v) is 3.85. The number of Topliss-reactive ketones (excluding diaryl/α,β-unsaturated/α-hetero) is 2. The summed E-state index contributed by atoms with van der Waals surface area (Å²) >= 11 is 3.30. The van der Waals surface area contributed by atoms with E-state index < -0.39 is 11.6 Å². The lowest BCUT2D eigenvalue weighted by Crippen LogP contribution is -2.22. The number of ether oxygens (including phenoxy) is 1. The molecular weight excluding hydrogens is 326 g/mol. The maximum Gasteiger partial charge on any atom is 0.255 e. The van der Waals surface area contributed by atoms with Crippen molar-refractivity contribution in [2.75, 3.05) is 7.11 Å². The minimum atomic E-state index is -0.648. The van der Waals surface area contributed by atoms with Gasteiger partial charge in [-0.05, 0) is 12.1 Å². The molecule has 0 bridgehead atoms. The molecule has 0 radical (unpaired) electrons. The van der Waals surface area contributed by atoms with Crippen molar-refractivity contribution in [1.82, 2.24) is 4.98 Å². The van der Waals surface area contributed by atoms with E-state index in [1.807, 2.05) is 6.92 Å². The van der Waals surface area contributed by atoms with Crippen LogP contribution in [0.25, 0.3) is 11.3 Å². The van der Waals surface area contributed by atoms with Gasteiger partial charge in [-0.1, -0.05) is 22.9 Å². The van der Waals surface area contributed by atoms with Crippen LogP contribution in [0.5, 0.6) is 5.75 Å². The van der Waals surface area contributed by atoms with Crippen LogP contribution in [0.3, 0.4) is 0 Å². The molecule has 0 saturated heterocycles. The van der Waals surface area contributed by atoms with E-state index >= 15 is 0 Å². The Morgan fingerprint density at radius 3 is 2.65 bits per heavy atom. The van der Waals surface area contributed by atoms with Crippen molar-refractivity contribution in [1.29, 1.82) is 0 Å². The van der Waals surface area contributed by atoms with Crippen LogP contribution >= 0.6 is 15.9 Å². The van der Waals surface area contributed by atoms with Gasteiger partial charge in [0.05, 0.1) is 18.2 Å². The second-order valence-corrected chi connectivity index (χ2v) is 5.15. The first-order chi connectivity index (χ1) is 9.58. The number of carbonyl (C=O) groups excluding carboxylic acids is 2. The highest BCUT2D eigenvalue weighted by molar-refractivity contribution is 9.10. The fourth-order valence-corrected chi connectivity index (χ4v) is 2.75. The Balaban J connectivity index is 2.41. The number of benzene rings is 1. The summed E-state index contributed by atoms with van der Waals surface area (Å²) < 4.78 is 11.4. The van der Waals surface area contributed by atoms with E-state index in [1.54, 1.807) is 12.1 Å². The second kappa shape index (κ2) is 4.56. The molecule has 1 aliphatic carbocycles. The molecule has 0 aliphatic heterocycles. The summed E-state index contributed by atoms with van der Waals surface area (Å²) in [5.74, 6) is -0.0473. The van der Waals surface area contributed by atoms with Crippen LogP contribution in [0.2, 0.25) is 0 Å². The molecule has 3 rings (SSSR count). The predicted molar refractivity (Wildman–Crippen MR) is 74.2 cm³/mol. The van der Waals surface area contributed by atoms with E-state index in [2.05, 4.69) is 20.9 Å². The summed E-state index contributed by atoms with van der Waals surface area (Å²) in [7, 11) is 1.50. The third-order valence-electron chi connectivity index (χ3n) is 3.19. The molecule has 102 valence electrons. The molecule has 1 heterocycles. The Labute approximate surface area is 123 Å². The Kier molecular flexibility index (Phi) is 2.97. The average Bonchev–Trinajstić information content (AvgIpc) is 2.89. The summed E-state index contributed by atoms with van der Waals surface area (Å²) in [6, 6.07) is 3.38. The standard InChI is InChI=1S/C14H10BrNO4/c1-3-8-16-11-13(18)12(17)9-6(15)4-5-7(19-2)10(9)14(11)20-8/h4-5H,3H2,1-2H3. The van der Waals surface area contributed by atoms with Crippen LogP contribution in [-0.2, 0) is 6.42 Å². The molecule has 20 heavy (non-hydrogen) atoms. The molecular formula is C14H10BrNO4. The predicted octanol–water partition coefficient (Wildman–Crippen LogP) is 3.05. The number of methoxy groups -OCH3 is 1. The molecule has 1 aromatic heterocycles. The van der Waals surface area contributed by atoms with Gasteiger partial charge in [-0.15, -0.1) is 0 Å². The first-order valence-electron chi connectivity index (χ1n) is 6.04. The van der Waals surface area contributed by atoms with Gasteiger partial charge in [-0.2, -0.15) is 0 Å². The molecule has 0 unspecified atom stereocenters.